The minimum absolute atomic E-state index is 0.00151. The number of hydrogen-bond donors (Lipinski definition) is 2. The predicted molar refractivity (Wildman–Crippen MR) is 104 cm³/mol. The third kappa shape index (κ3) is 11.1. The van der Waals surface area contributed by atoms with Gasteiger partial charge in [0, 0.05) is 25.4 Å². The van der Waals surface area contributed by atoms with Gasteiger partial charge in [-0.05, 0) is 30.3 Å². The van der Waals surface area contributed by atoms with Crippen molar-refractivity contribution in [2.24, 2.45) is 0 Å². The average Bonchev–Trinajstić information content (AvgIpc) is 2.59. The van der Waals surface area contributed by atoms with Gasteiger partial charge in [-0.2, -0.15) is 0 Å². The van der Waals surface area contributed by atoms with E-state index in [1.807, 2.05) is 12.1 Å². The first-order valence-corrected chi connectivity index (χ1v) is 9.59. The second kappa shape index (κ2) is 13.9. The summed E-state index contributed by atoms with van der Waals surface area (Å²) in [5, 5.41) is 6.15. The molecule has 0 aliphatic rings. The predicted octanol–water partition coefficient (Wildman–Crippen LogP) is 4.49. The van der Waals surface area contributed by atoms with Crippen LogP contribution in [-0.2, 0) is 11.3 Å². The van der Waals surface area contributed by atoms with Crippen molar-refractivity contribution in [3.05, 3.63) is 30.1 Å². The summed E-state index contributed by atoms with van der Waals surface area (Å²) >= 11 is 5.14. The van der Waals surface area contributed by atoms with Crippen molar-refractivity contribution >= 4 is 23.2 Å². The highest BCUT2D eigenvalue weighted by Crippen LogP contribution is 2.10. The molecule has 0 atom stereocenters. The van der Waals surface area contributed by atoms with Gasteiger partial charge in [0.05, 0.1) is 0 Å². The van der Waals surface area contributed by atoms with Crippen LogP contribution in [0.1, 0.15) is 76.7 Å². The van der Waals surface area contributed by atoms with Gasteiger partial charge in [-0.3, -0.25) is 9.78 Å². The van der Waals surface area contributed by atoms with E-state index in [2.05, 4.69) is 22.5 Å². The Bertz CT molecular complexity index is 465. The van der Waals surface area contributed by atoms with Gasteiger partial charge in [-0.25, -0.2) is 0 Å². The van der Waals surface area contributed by atoms with E-state index < -0.39 is 0 Å². The first-order valence-electron chi connectivity index (χ1n) is 9.19. The summed E-state index contributed by atoms with van der Waals surface area (Å²) in [4.78, 5) is 15.9. The molecular formula is C19H31N3OS. The highest BCUT2D eigenvalue weighted by Gasteiger charge is 2.04. The van der Waals surface area contributed by atoms with Crippen molar-refractivity contribution in [2.75, 3.05) is 0 Å². The van der Waals surface area contributed by atoms with E-state index in [0.717, 1.165) is 18.4 Å². The zero-order chi connectivity index (χ0) is 17.5. The summed E-state index contributed by atoms with van der Waals surface area (Å²) < 4.78 is 0. The fourth-order valence-electron chi connectivity index (χ4n) is 2.51. The molecule has 0 aromatic carbocycles. The lowest BCUT2D eigenvalue weighted by Crippen LogP contribution is -2.38. The number of nitrogens with zero attached hydrogens (tertiary/aromatic N) is 1. The summed E-state index contributed by atoms with van der Waals surface area (Å²) in [6, 6.07) is 3.84. The lowest BCUT2D eigenvalue weighted by Gasteiger charge is -2.09. The molecule has 24 heavy (non-hydrogen) atoms. The average molecular weight is 350 g/mol. The molecule has 1 aromatic heterocycles. The molecular weight excluding hydrogens is 318 g/mol. The van der Waals surface area contributed by atoms with Crippen molar-refractivity contribution < 1.29 is 4.79 Å². The van der Waals surface area contributed by atoms with Crippen LogP contribution in [0.2, 0.25) is 0 Å². The van der Waals surface area contributed by atoms with Gasteiger partial charge >= 0.3 is 0 Å². The maximum atomic E-state index is 11.8. The number of rotatable bonds is 12. The molecule has 0 spiro atoms. The standard InChI is InChI=1S/C19H31N3OS/c1-2-3-4-5-6-7-8-9-10-13-18(23)22-19(24)21-16-17-12-11-14-20-15-17/h11-12,14-15H,2-10,13,16H2,1H3,(H2,21,22,23,24). The van der Waals surface area contributed by atoms with Gasteiger partial charge in [-0.1, -0.05) is 64.4 Å². The summed E-state index contributed by atoms with van der Waals surface area (Å²) in [6.07, 6.45) is 15.3. The third-order valence-corrected chi connectivity index (χ3v) is 4.18. The Kier molecular flexibility index (Phi) is 11.9. The number of nitrogens with one attached hydrogen (secondary N) is 2. The van der Waals surface area contributed by atoms with Crippen LogP contribution in [-0.4, -0.2) is 16.0 Å². The largest absolute Gasteiger partial charge is 0.358 e. The zero-order valence-corrected chi connectivity index (χ0v) is 15.7. The number of aromatic nitrogens is 1. The summed E-state index contributed by atoms with van der Waals surface area (Å²) in [5.74, 6) is 0.00151. The molecule has 0 saturated carbocycles. The molecule has 0 radical (unpaired) electrons. The SMILES string of the molecule is CCCCCCCCCCCC(=O)NC(=S)NCc1cccnc1. The van der Waals surface area contributed by atoms with Gasteiger partial charge in [0.2, 0.25) is 5.91 Å². The molecule has 0 unspecified atom stereocenters. The van der Waals surface area contributed by atoms with E-state index in [1.54, 1.807) is 12.4 Å². The van der Waals surface area contributed by atoms with Gasteiger partial charge in [-0.15, -0.1) is 0 Å². The first-order chi connectivity index (χ1) is 11.7. The Morgan fingerprint density at radius 2 is 1.75 bits per heavy atom. The van der Waals surface area contributed by atoms with Crippen LogP contribution in [0, 0.1) is 0 Å². The fraction of sp³-hybridized carbons (Fsp3) is 0.632. The Balaban J connectivity index is 1.96. The Morgan fingerprint density at radius 3 is 2.38 bits per heavy atom. The summed E-state index contributed by atoms with van der Waals surface area (Å²) in [7, 11) is 0. The van der Waals surface area contributed by atoms with E-state index in [1.165, 1.54) is 44.9 Å². The molecule has 134 valence electrons. The quantitative estimate of drug-likeness (QED) is 0.431. The number of hydrogen-bond acceptors (Lipinski definition) is 3. The number of pyridine rings is 1. The molecule has 0 aliphatic carbocycles. The Labute approximate surface area is 151 Å². The molecule has 4 nitrogen and oxygen atoms in total. The first kappa shape index (κ1) is 20.6. The summed E-state index contributed by atoms with van der Waals surface area (Å²) in [6.45, 7) is 2.82. The van der Waals surface area contributed by atoms with Crippen LogP contribution >= 0.6 is 12.2 Å². The lowest BCUT2D eigenvalue weighted by atomic mass is 10.1. The van der Waals surface area contributed by atoms with Crippen molar-refractivity contribution in [1.82, 2.24) is 15.6 Å². The van der Waals surface area contributed by atoms with E-state index in [9.17, 15) is 4.79 Å². The van der Waals surface area contributed by atoms with Gasteiger partial charge in [0.1, 0.15) is 0 Å². The molecule has 0 aliphatic heterocycles. The minimum atomic E-state index is 0.00151. The van der Waals surface area contributed by atoms with E-state index in [0.29, 0.717) is 18.1 Å². The van der Waals surface area contributed by atoms with Crippen LogP contribution in [0.4, 0.5) is 0 Å². The number of amides is 1. The van der Waals surface area contributed by atoms with Crippen molar-refractivity contribution in [2.45, 2.75) is 77.7 Å². The normalized spacial score (nSPS) is 10.4. The highest BCUT2D eigenvalue weighted by atomic mass is 32.1. The Hall–Kier alpha value is -1.49. The summed E-state index contributed by atoms with van der Waals surface area (Å²) in [5.41, 5.74) is 1.04. The molecule has 5 heteroatoms. The molecule has 0 bridgehead atoms. The van der Waals surface area contributed by atoms with Crippen molar-refractivity contribution in [1.29, 1.82) is 0 Å². The lowest BCUT2D eigenvalue weighted by molar-refractivity contribution is -0.119. The van der Waals surface area contributed by atoms with Crippen LogP contribution in [0.15, 0.2) is 24.5 Å². The second-order valence-corrected chi connectivity index (χ2v) is 6.58. The topological polar surface area (TPSA) is 54.0 Å². The van der Waals surface area contributed by atoms with E-state index in [-0.39, 0.29) is 5.91 Å². The number of thiocarbonyl (C=S) groups is 1. The number of unbranched alkanes of at least 4 members (excludes halogenated alkanes) is 8. The molecule has 2 N–H and O–H groups in total. The monoisotopic (exact) mass is 349 g/mol. The van der Waals surface area contributed by atoms with E-state index >= 15 is 0 Å². The smallest absolute Gasteiger partial charge is 0.226 e. The van der Waals surface area contributed by atoms with Crippen molar-refractivity contribution in [3.8, 4) is 0 Å². The third-order valence-electron chi connectivity index (χ3n) is 3.94. The van der Waals surface area contributed by atoms with Crippen LogP contribution in [0.5, 0.6) is 0 Å². The fourth-order valence-corrected chi connectivity index (χ4v) is 2.70. The van der Waals surface area contributed by atoms with Crippen LogP contribution in [0.3, 0.4) is 0 Å². The molecule has 1 heterocycles. The second-order valence-electron chi connectivity index (χ2n) is 6.17. The van der Waals surface area contributed by atoms with Gasteiger partial charge < -0.3 is 10.6 Å². The Morgan fingerprint density at radius 1 is 1.08 bits per heavy atom. The molecule has 0 fully saturated rings. The zero-order valence-electron chi connectivity index (χ0n) is 14.9. The minimum Gasteiger partial charge on any atom is -0.358 e. The number of carbonyl (C=O) groups excluding carboxylic acids is 1. The van der Waals surface area contributed by atoms with Crippen LogP contribution < -0.4 is 10.6 Å². The maximum Gasteiger partial charge on any atom is 0.226 e. The molecule has 1 rings (SSSR count). The van der Waals surface area contributed by atoms with E-state index in [4.69, 9.17) is 12.2 Å². The number of carbonyl (C=O) groups is 1. The van der Waals surface area contributed by atoms with Crippen LogP contribution in [0.25, 0.3) is 0 Å². The molecule has 0 saturated heterocycles. The highest BCUT2D eigenvalue weighted by molar-refractivity contribution is 7.80. The maximum absolute atomic E-state index is 11.8. The molecule has 1 amide bonds. The van der Waals surface area contributed by atoms with Gasteiger partial charge in [0.15, 0.2) is 5.11 Å². The van der Waals surface area contributed by atoms with Gasteiger partial charge in [0.25, 0.3) is 0 Å². The van der Waals surface area contributed by atoms with Crippen molar-refractivity contribution in [3.63, 3.8) is 0 Å². The molecule has 1 aromatic rings.